The number of nitrogens with zero attached hydrogens (tertiary/aromatic N) is 2. The van der Waals surface area contributed by atoms with Crippen molar-refractivity contribution in [2.45, 2.75) is 24.7 Å². The smallest absolute Gasteiger partial charge is 0.271 e. The van der Waals surface area contributed by atoms with Crippen LogP contribution in [-0.4, -0.2) is 42.4 Å². The molecule has 0 atom stereocenters. The second-order valence-corrected chi connectivity index (χ2v) is 6.37. The average Bonchev–Trinajstić information content (AvgIpc) is 2.42. The summed E-state index contributed by atoms with van der Waals surface area (Å²) in [6.07, 6.45) is 1.44. The maximum atomic E-state index is 12.5. The first-order chi connectivity index (χ1) is 9.84. The molecular weight excluding hydrogens is 298 g/mol. The van der Waals surface area contributed by atoms with Crippen LogP contribution < -0.4 is 5.73 Å². The Labute approximate surface area is 123 Å². The predicted molar refractivity (Wildman–Crippen MR) is 78.3 cm³/mol. The van der Waals surface area contributed by atoms with Crippen molar-refractivity contribution in [3.63, 3.8) is 0 Å². The van der Waals surface area contributed by atoms with E-state index in [1.54, 1.807) is 0 Å². The molecule has 0 saturated heterocycles. The highest BCUT2D eigenvalue weighted by atomic mass is 32.2. The number of nitro benzene ring substituents is 1. The molecule has 0 heterocycles. The van der Waals surface area contributed by atoms with Gasteiger partial charge in [-0.05, 0) is 12.5 Å². The Morgan fingerprint density at radius 1 is 1.38 bits per heavy atom. The van der Waals surface area contributed by atoms with Crippen LogP contribution in [0.2, 0.25) is 0 Å². The van der Waals surface area contributed by atoms with Gasteiger partial charge >= 0.3 is 0 Å². The highest BCUT2D eigenvalue weighted by Crippen LogP contribution is 2.26. The Morgan fingerprint density at radius 2 is 2.05 bits per heavy atom. The van der Waals surface area contributed by atoms with Gasteiger partial charge in [-0.3, -0.25) is 10.1 Å². The van der Waals surface area contributed by atoms with Gasteiger partial charge in [-0.25, -0.2) is 8.42 Å². The van der Waals surface area contributed by atoms with Crippen molar-refractivity contribution in [1.29, 1.82) is 0 Å². The van der Waals surface area contributed by atoms with Gasteiger partial charge in [0.1, 0.15) is 4.90 Å². The monoisotopic (exact) mass is 317 g/mol. The quantitative estimate of drug-likeness (QED) is 0.417. The van der Waals surface area contributed by atoms with Crippen LogP contribution in [0.3, 0.4) is 0 Å². The number of rotatable bonds is 8. The number of hydrogen-bond acceptors (Lipinski definition) is 6. The molecule has 0 aliphatic heterocycles. The molecular formula is C12H19N3O5S. The van der Waals surface area contributed by atoms with Gasteiger partial charge in [0, 0.05) is 25.2 Å². The lowest BCUT2D eigenvalue weighted by molar-refractivity contribution is -0.384. The van der Waals surface area contributed by atoms with E-state index in [-0.39, 0.29) is 36.0 Å². The Morgan fingerprint density at radius 3 is 2.52 bits per heavy atom. The van der Waals surface area contributed by atoms with Crippen LogP contribution in [0.5, 0.6) is 0 Å². The van der Waals surface area contributed by atoms with Crippen molar-refractivity contribution in [1.82, 2.24) is 4.31 Å². The first-order valence-electron chi connectivity index (χ1n) is 6.49. The molecule has 0 unspecified atom stereocenters. The summed E-state index contributed by atoms with van der Waals surface area (Å²) in [4.78, 5) is 9.82. The molecule has 0 aliphatic rings. The summed E-state index contributed by atoms with van der Waals surface area (Å²) in [5, 5.41) is 19.7. The maximum Gasteiger partial charge on any atom is 0.271 e. The number of nitro groups is 1. The lowest BCUT2D eigenvalue weighted by Gasteiger charge is -2.21. The molecule has 0 saturated carbocycles. The van der Waals surface area contributed by atoms with Crippen LogP contribution in [0.4, 0.5) is 11.4 Å². The second-order valence-electron chi connectivity index (χ2n) is 4.46. The van der Waals surface area contributed by atoms with Gasteiger partial charge in [0.2, 0.25) is 10.0 Å². The fourth-order valence-electron chi connectivity index (χ4n) is 1.82. The van der Waals surface area contributed by atoms with Crippen LogP contribution in [0.1, 0.15) is 19.8 Å². The van der Waals surface area contributed by atoms with Crippen molar-refractivity contribution in [3.05, 3.63) is 28.3 Å². The highest BCUT2D eigenvalue weighted by Gasteiger charge is 2.26. The molecule has 0 spiro atoms. The number of aliphatic hydroxyl groups excluding tert-OH is 1. The third kappa shape index (κ3) is 4.13. The number of aliphatic hydroxyl groups is 1. The number of nitrogen functional groups attached to an aromatic ring is 1. The minimum Gasteiger partial charge on any atom is -0.397 e. The third-order valence-electron chi connectivity index (χ3n) is 2.93. The zero-order valence-corrected chi connectivity index (χ0v) is 12.5. The molecule has 0 bridgehead atoms. The van der Waals surface area contributed by atoms with Crippen LogP contribution >= 0.6 is 0 Å². The summed E-state index contributed by atoms with van der Waals surface area (Å²) in [6, 6.07) is 3.24. The van der Waals surface area contributed by atoms with Gasteiger partial charge in [0.15, 0.2) is 0 Å². The van der Waals surface area contributed by atoms with Crippen molar-refractivity contribution < 1.29 is 18.4 Å². The Bertz CT molecular complexity index is 603. The van der Waals surface area contributed by atoms with Crippen LogP contribution in [0, 0.1) is 10.1 Å². The molecule has 0 radical (unpaired) electrons. The van der Waals surface area contributed by atoms with E-state index in [1.165, 1.54) is 0 Å². The standard InChI is InChI=1S/C12H19N3O5S/c1-2-3-6-14(7-8-16)21(19,20)12-5-4-10(15(17)18)9-11(12)13/h4-5,9,16H,2-3,6-8,13H2,1H3. The number of non-ortho nitro benzene ring substituents is 1. The molecule has 1 rings (SSSR count). The Kier molecular flexibility index (Phi) is 6.06. The van der Waals surface area contributed by atoms with Crippen LogP contribution in [0.15, 0.2) is 23.1 Å². The third-order valence-corrected chi connectivity index (χ3v) is 4.91. The summed E-state index contributed by atoms with van der Waals surface area (Å²) >= 11 is 0. The van der Waals surface area contributed by atoms with E-state index in [9.17, 15) is 18.5 Å². The molecule has 0 amide bonds. The first-order valence-corrected chi connectivity index (χ1v) is 7.93. The van der Waals surface area contributed by atoms with Gasteiger partial charge in [-0.2, -0.15) is 4.31 Å². The SMILES string of the molecule is CCCCN(CCO)S(=O)(=O)c1ccc([N+](=O)[O-])cc1N. The number of anilines is 1. The highest BCUT2D eigenvalue weighted by molar-refractivity contribution is 7.89. The van der Waals surface area contributed by atoms with E-state index in [0.717, 1.165) is 28.9 Å². The van der Waals surface area contributed by atoms with E-state index in [4.69, 9.17) is 10.8 Å². The van der Waals surface area contributed by atoms with E-state index < -0.39 is 14.9 Å². The number of nitrogens with two attached hydrogens (primary N) is 1. The zero-order valence-electron chi connectivity index (χ0n) is 11.7. The van der Waals surface area contributed by atoms with Crippen LogP contribution in [-0.2, 0) is 10.0 Å². The van der Waals surface area contributed by atoms with Crippen molar-refractivity contribution >= 4 is 21.4 Å². The van der Waals surface area contributed by atoms with Crippen LogP contribution in [0.25, 0.3) is 0 Å². The van der Waals surface area contributed by atoms with Crippen molar-refractivity contribution in [3.8, 4) is 0 Å². The Hall–Kier alpha value is -1.71. The lowest BCUT2D eigenvalue weighted by atomic mass is 10.3. The molecule has 118 valence electrons. The molecule has 0 aromatic heterocycles. The normalized spacial score (nSPS) is 11.8. The molecule has 21 heavy (non-hydrogen) atoms. The molecule has 9 heteroatoms. The van der Waals surface area contributed by atoms with E-state index >= 15 is 0 Å². The van der Waals surface area contributed by atoms with E-state index in [2.05, 4.69) is 0 Å². The number of sulfonamides is 1. The van der Waals surface area contributed by atoms with E-state index in [0.29, 0.717) is 6.42 Å². The predicted octanol–water partition coefficient (Wildman–Crippen LogP) is 0.960. The summed E-state index contributed by atoms with van der Waals surface area (Å²) in [5.41, 5.74) is 5.19. The molecule has 0 fully saturated rings. The number of benzene rings is 1. The molecule has 0 aliphatic carbocycles. The average molecular weight is 317 g/mol. The molecule has 8 nitrogen and oxygen atoms in total. The fourth-order valence-corrected chi connectivity index (χ4v) is 3.39. The van der Waals surface area contributed by atoms with E-state index in [1.807, 2.05) is 6.92 Å². The first kappa shape index (κ1) is 17.3. The summed E-state index contributed by atoms with van der Waals surface area (Å²) in [6.45, 7) is 1.83. The topological polar surface area (TPSA) is 127 Å². The number of unbranched alkanes of at least 4 members (excludes halogenated alkanes) is 1. The largest absolute Gasteiger partial charge is 0.397 e. The number of hydrogen-bond donors (Lipinski definition) is 2. The minimum absolute atomic E-state index is 0.0429. The molecule has 3 N–H and O–H groups in total. The van der Waals surface area contributed by atoms with Crippen molar-refractivity contribution in [2.24, 2.45) is 0 Å². The summed E-state index contributed by atoms with van der Waals surface area (Å²) in [5.74, 6) is 0. The van der Waals surface area contributed by atoms with Gasteiger partial charge < -0.3 is 10.8 Å². The molecule has 1 aromatic carbocycles. The summed E-state index contributed by atoms with van der Waals surface area (Å²) < 4.78 is 26.1. The zero-order chi connectivity index (χ0) is 16.0. The Balaban J connectivity index is 3.18. The molecule has 1 aromatic rings. The fraction of sp³-hybridized carbons (Fsp3) is 0.500. The second kappa shape index (κ2) is 7.34. The lowest BCUT2D eigenvalue weighted by Crippen LogP contribution is -2.34. The van der Waals surface area contributed by atoms with Gasteiger partial charge in [0.25, 0.3) is 5.69 Å². The summed E-state index contributed by atoms with van der Waals surface area (Å²) in [7, 11) is -3.88. The van der Waals surface area contributed by atoms with Gasteiger partial charge in [-0.1, -0.05) is 13.3 Å². The maximum absolute atomic E-state index is 12.5. The van der Waals surface area contributed by atoms with Gasteiger partial charge in [0.05, 0.1) is 17.2 Å². The van der Waals surface area contributed by atoms with Gasteiger partial charge in [-0.15, -0.1) is 0 Å². The minimum atomic E-state index is -3.88. The van der Waals surface area contributed by atoms with Crippen molar-refractivity contribution in [2.75, 3.05) is 25.4 Å².